The van der Waals surface area contributed by atoms with E-state index >= 15 is 0 Å². The van der Waals surface area contributed by atoms with E-state index in [0.29, 0.717) is 33.2 Å². The third kappa shape index (κ3) is 3.30. The molecule has 0 aliphatic heterocycles. The first-order valence-corrected chi connectivity index (χ1v) is 8.74. The number of aromatic hydroxyl groups is 1. The van der Waals surface area contributed by atoms with E-state index in [1.54, 1.807) is 42.5 Å². The van der Waals surface area contributed by atoms with Gasteiger partial charge in [0, 0.05) is 28.3 Å². The SMILES string of the molecule is C#Cc1ccccc1-c1cnc2c(C(F)(F)F)cccc2c1-c1cccc(O)c1. The van der Waals surface area contributed by atoms with E-state index in [4.69, 9.17) is 6.42 Å². The number of aromatic nitrogens is 1. The third-order valence-electron chi connectivity index (χ3n) is 4.71. The second-order valence-electron chi connectivity index (χ2n) is 6.49. The van der Waals surface area contributed by atoms with E-state index in [9.17, 15) is 18.3 Å². The maximum Gasteiger partial charge on any atom is 0.418 e. The number of hydrogen-bond donors (Lipinski definition) is 1. The van der Waals surface area contributed by atoms with Crippen molar-refractivity contribution in [2.75, 3.05) is 0 Å². The van der Waals surface area contributed by atoms with Crippen LogP contribution >= 0.6 is 0 Å². The molecule has 0 atom stereocenters. The van der Waals surface area contributed by atoms with Gasteiger partial charge in [0.05, 0.1) is 11.1 Å². The molecule has 0 spiro atoms. The molecule has 142 valence electrons. The van der Waals surface area contributed by atoms with E-state index in [1.807, 2.05) is 0 Å². The van der Waals surface area contributed by atoms with Crippen molar-refractivity contribution in [2.24, 2.45) is 0 Å². The Balaban J connectivity index is 2.16. The zero-order valence-electron chi connectivity index (χ0n) is 15.0. The fraction of sp³-hybridized carbons (Fsp3) is 0.0417. The highest BCUT2D eigenvalue weighted by molar-refractivity contribution is 6.04. The van der Waals surface area contributed by atoms with Crippen LogP contribution in [0.25, 0.3) is 33.2 Å². The molecule has 0 amide bonds. The normalized spacial score (nSPS) is 11.4. The molecule has 0 bridgehead atoms. The minimum Gasteiger partial charge on any atom is -0.508 e. The Morgan fingerprint density at radius 1 is 0.897 bits per heavy atom. The van der Waals surface area contributed by atoms with Gasteiger partial charge < -0.3 is 5.11 Å². The average Bonchev–Trinajstić information content (AvgIpc) is 2.71. The molecule has 3 aromatic carbocycles. The van der Waals surface area contributed by atoms with Gasteiger partial charge in [0.25, 0.3) is 0 Å². The second-order valence-corrected chi connectivity index (χ2v) is 6.49. The van der Waals surface area contributed by atoms with E-state index in [-0.39, 0.29) is 11.3 Å². The fourth-order valence-electron chi connectivity index (χ4n) is 3.47. The number of terminal acetylenes is 1. The van der Waals surface area contributed by atoms with E-state index < -0.39 is 11.7 Å². The summed E-state index contributed by atoms with van der Waals surface area (Å²) in [5.74, 6) is 2.62. The van der Waals surface area contributed by atoms with E-state index in [0.717, 1.165) is 6.07 Å². The van der Waals surface area contributed by atoms with Gasteiger partial charge in [-0.2, -0.15) is 13.2 Å². The largest absolute Gasteiger partial charge is 0.508 e. The van der Waals surface area contributed by atoms with Crippen LogP contribution in [0.1, 0.15) is 11.1 Å². The number of nitrogens with zero attached hydrogens (tertiary/aromatic N) is 1. The summed E-state index contributed by atoms with van der Waals surface area (Å²) < 4.78 is 40.7. The predicted molar refractivity (Wildman–Crippen MR) is 107 cm³/mol. The summed E-state index contributed by atoms with van der Waals surface area (Å²) in [5.41, 5.74) is 2.00. The molecule has 0 saturated heterocycles. The average molecular weight is 389 g/mol. The summed E-state index contributed by atoms with van der Waals surface area (Å²) in [7, 11) is 0. The van der Waals surface area contributed by atoms with Gasteiger partial charge in [-0.15, -0.1) is 6.42 Å². The van der Waals surface area contributed by atoms with Crippen molar-refractivity contribution in [3.63, 3.8) is 0 Å². The molecular weight excluding hydrogens is 375 g/mol. The van der Waals surface area contributed by atoms with Gasteiger partial charge >= 0.3 is 6.18 Å². The third-order valence-corrected chi connectivity index (χ3v) is 4.71. The highest BCUT2D eigenvalue weighted by atomic mass is 19.4. The number of benzene rings is 3. The van der Waals surface area contributed by atoms with Gasteiger partial charge in [0.1, 0.15) is 5.75 Å². The molecule has 1 aromatic heterocycles. The minimum absolute atomic E-state index is 0.00984. The van der Waals surface area contributed by atoms with Crippen LogP contribution in [0.2, 0.25) is 0 Å². The van der Waals surface area contributed by atoms with Crippen molar-refractivity contribution in [3.8, 4) is 40.3 Å². The highest BCUT2D eigenvalue weighted by Crippen LogP contribution is 2.42. The monoisotopic (exact) mass is 389 g/mol. The molecule has 1 heterocycles. The molecule has 2 nitrogen and oxygen atoms in total. The van der Waals surface area contributed by atoms with Crippen molar-refractivity contribution in [1.82, 2.24) is 4.98 Å². The molecule has 0 aliphatic rings. The van der Waals surface area contributed by atoms with Crippen LogP contribution in [0.5, 0.6) is 5.75 Å². The lowest BCUT2D eigenvalue weighted by atomic mass is 9.89. The topological polar surface area (TPSA) is 33.1 Å². The Bertz CT molecular complexity index is 1270. The smallest absolute Gasteiger partial charge is 0.418 e. The molecule has 4 rings (SSSR count). The number of phenolic OH excluding ortho intramolecular Hbond substituents is 1. The summed E-state index contributed by atoms with van der Waals surface area (Å²) in [5, 5.41) is 10.3. The van der Waals surface area contributed by atoms with Crippen LogP contribution in [0.15, 0.2) is 72.9 Å². The number of phenols is 1. The Morgan fingerprint density at radius 3 is 2.38 bits per heavy atom. The van der Waals surface area contributed by atoms with Gasteiger partial charge in [-0.25, -0.2) is 0 Å². The molecule has 29 heavy (non-hydrogen) atoms. The number of fused-ring (bicyclic) bond motifs is 1. The van der Waals surface area contributed by atoms with Gasteiger partial charge in [-0.3, -0.25) is 4.98 Å². The summed E-state index contributed by atoms with van der Waals surface area (Å²) >= 11 is 0. The number of pyridine rings is 1. The Hall–Kier alpha value is -3.78. The summed E-state index contributed by atoms with van der Waals surface area (Å²) in [6.45, 7) is 0. The van der Waals surface area contributed by atoms with Gasteiger partial charge in [0.2, 0.25) is 0 Å². The maximum atomic E-state index is 13.6. The van der Waals surface area contributed by atoms with Crippen LogP contribution in [-0.2, 0) is 6.18 Å². The van der Waals surface area contributed by atoms with Crippen molar-refractivity contribution < 1.29 is 18.3 Å². The molecule has 0 saturated carbocycles. The first kappa shape index (κ1) is 18.6. The van der Waals surface area contributed by atoms with Crippen LogP contribution in [-0.4, -0.2) is 10.1 Å². The number of hydrogen-bond acceptors (Lipinski definition) is 2. The second kappa shape index (κ2) is 6.99. The molecule has 0 radical (unpaired) electrons. The van der Waals surface area contributed by atoms with Gasteiger partial charge in [-0.1, -0.05) is 48.4 Å². The van der Waals surface area contributed by atoms with E-state index in [2.05, 4.69) is 10.9 Å². The molecule has 4 aromatic rings. The quantitative estimate of drug-likeness (QED) is 0.410. The van der Waals surface area contributed by atoms with Crippen LogP contribution in [0.4, 0.5) is 13.2 Å². The Kier molecular flexibility index (Phi) is 4.48. The number of rotatable bonds is 2. The lowest BCUT2D eigenvalue weighted by Gasteiger charge is -2.17. The Morgan fingerprint density at radius 2 is 1.66 bits per heavy atom. The zero-order valence-corrected chi connectivity index (χ0v) is 15.0. The van der Waals surface area contributed by atoms with Crippen molar-refractivity contribution >= 4 is 10.9 Å². The van der Waals surface area contributed by atoms with Gasteiger partial charge in [-0.05, 0) is 35.4 Å². The summed E-state index contributed by atoms with van der Waals surface area (Å²) in [6, 6.07) is 17.5. The predicted octanol–water partition coefficient (Wildman–Crippen LogP) is 6.27. The van der Waals surface area contributed by atoms with Crippen LogP contribution in [0, 0.1) is 12.3 Å². The van der Waals surface area contributed by atoms with Crippen molar-refractivity contribution in [2.45, 2.75) is 6.18 Å². The first-order valence-electron chi connectivity index (χ1n) is 8.74. The lowest BCUT2D eigenvalue weighted by Crippen LogP contribution is -2.07. The zero-order chi connectivity index (χ0) is 20.6. The van der Waals surface area contributed by atoms with Crippen LogP contribution < -0.4 is 0 Å². The summed E-state index contributed by atoms with van der Waals surface area (Å²) in [6.07, 6.45) is 2.50. The number of alkyl halides is 3. The maximum absolute atomic E-state index is 13.6. The Labute approximate surface area is 165 Å². The molecule has 5 heteroatoms. The van der Waals surface area contributed by atoms with E-state index in [1.165, 1.54) is 24.4 Å². The first-order chi connectivity index (χ1) is 13.9. The molecule has 0 fully saturated rings. The molecule has 0 aliphatic carbocycles. The summed E-state index contributed by atoms with van der Waals surface area (Å²) in [4.78, 5) is 4.16. The van der Waals surface area contributed by atoms with Crippen molar-refractivity contribution in [1.29, 1.82) is 0 Å². The van der Waals surface area contributed by atoms with Crippen LogP contribution in [0.3, 0.4) is 0 Å². The number of halogens is 3. The molecule has 0 unspecified atom stereocenters. The molecule has 1 N–H and O–H groups in total. The van der Waals surface area contributed by atoms with Gasteiger partial charge in [0.15, 0.2) is 0 Å². The lowest BCUT2D eigenvalue weighted by molar-refractivity contribution is -0.136. The van der Waals surface area contributed by atoms with Crippen molar-refractivity contribution in [3.05, 3.63) is 84.1 Å². The highest BCUT2D eigenvalue weighted by Gasteiger charge is 2.33. The standard InChI is InChI=1S/C24H14F3NO/c1-2-15-7-3-4-10-18(15)20-14-28-23-19(11-6-12-21(23)24(25,26)27)22(20)16-8-5-9-17(29)13-16/h1,3-14,29H. The molecular formula is C24H14F3NO. The fourth-order valence-corrected chi connectivity index (χ4v) is 3.47. The number of para-hydroxylation sites is 1. The minimum atomic E-state index is -4.54.